The van der Waals surface area contributed by atoms with Crippen molar-refractivity contribution >= 4 is 17.6 Å². The lowest BCUT2D eigenvalue weighted by molar-refractivity contribution is 0.475. The lowest BCUT2D eigenvalue weighted by Gasteiger charge is -2.22. The van der Waals surface area contributed by atoms with Gasteiger partial charge in [0.2, 0.25) is 0 Å². The summed E-state index contributed by atoms with van der Waals surface area (Å²) in [4.78, 5) is 6.39. The van der Waals surface area contributed by atoms with Gasteiger partial charge >= 0.3 is 0 Å². The van der Waals surface area contributed by atoms with Gasteiger partial charge in [-0.25, -0.2) is 0 Å². The van der Waals surface area contributed by atoms with Gasteiger partial charge in [-0.05, 0) is 29.8 Å². The highest BCUT2D eigenvalue weighted by Gasteiger charge is 2.10. The molecule has 0 aliphatic rings. The second-order valence-electron chi connectivity index (χ2n) is 5.84. The molecule has 0 radical (unpaired) electrons. The fraction of sp³-hybridized carbons (Fsp3) is 0.211. The number of rotatable bonds is 5. The fourth-order valence-corrected chi connectivity index (χ4v) is 2.92. The second kappa shape index (κ2) is 8.49. The van der Waals surface area contributed by atoms with Crippen LogP contribution in [0.5, 0.6) is 0 Å². The Kier molecular flexibility index (Phi) is 5.86. The first kappa shape index (κ1) is 17.9. The first-order valence-corrected chi connectivity index (χ1v) is 8.65. The molecule has 7 heteroatoms. The Morgan fingerprint density at radius 3 is 2.73 bits per heavy atom. The first-order valence-electron chi connectivity index (χ1n) is 8.28. The summed E-state index contributed by atoms with van der Waals surface area (Å²) < 4.78 is 1.96. The highest BCUT2D eigenvalue weighted by Crippen LogP contribution is 2.12. The summed E-state index contributed by atoms with van der Waals surface area (Å²) in [5.41, 5.74) is 2.15. The molecule has 0 unspecified atom stereocenters. The van der Waals surface area contributed by atoms with E-state index in [1.807, 2.05) is 71.1 Å². The molecule has 1 heterocycles. The number of nitrogens with one attached hydrogen (secondary N) is 1. The summed E-state index contributed by atoms with van der Waals surface area (Å²) in [6, 6.07) is 17.8. The van der Waals surface area contributed by atoms with Gasteiger partial charge in [-0.3, -0.25) is 9.56 Å². The Hall–Kier alpha value is -2.86. The van der Waals surface area contributed by atoms with Crippen LogP contribution in [0, 0.1) is 0 Å². The number of hydrogen-bond acceptors (Lipinski definition) is 3. The monoisotopic (exact) mass is 368 g/mol. The third-order valence-electron chi connectivity index (χ3n) is 3.94. The van der Waals surface area contributed by atoms with E-state index >= 15 is 0 Å². The van der Waals surface area contributed by atoms with Gasteiger partial charge in [-0.2, -0.15) is 0 Å². The van der Waals surface area contributed by atoms with E-state index in [-0.39, 0.29) is 0 Å². The molecule has 0 bridgehead atoms. The maximum atomic E-state index is 6.06. The smallest absolute Gasteiger partial charge is 0.194 e. The van der Waals surface area contributed by atoms with Crippen molar-refractivity contribution in [2.75, 3.05) is 14.1 Å². The van der Waals surface area contributed by atoms with Gasteiger partial charge in [-0.15, -0.1) is 10.2 Å². The molecule has 0 amide bonds. The van der Waals surface area contributed by atoms with E-state index in [9.17, 15) is 0 Å². The largest absolute Gasteiger partial charge is 0.349 e. The average molecular weight is 369 g/mol. The molecule has 1 aromatic heterocycles. The van der Waals surface area contributed by atoms with Crippen LogP contribution in [-0.4, -0.2) is 39.7 Å². The van der Waals surface area contributed by atoms with Crippen molar-refractivity contribution < 1.29 is 0 Å². The van der Waals surface area contributed by atoms with Gasteiger partial charge < -0.3 is 10.2 Å². The molecule has 0 saturated carbocycles. The maximum Gasteiger partial charge on any atom is 0.194 e. The summed E-state index contributed by atoms with van der Waals surface area (Å²) in [6.07, 6.45) is 1.71. The molecule has 0 atom stereocenters. The lowest BCUT2D eigenvalue weighted by Crippen LogP contribution is -2.38. The number of aliphatic imine (C=N–C) groups is 1. The summed E-state index contributed by atoms with van der Waals surface area (Å²) in [7, 11) is 3.75. The summed E-state index contributed by atoms with van der Waals surface area (Å²) >= 11 is 6.06. The molecule has 1 N–H and O–H groups in total. The number of nitrogens with zero attached hydrogens (tertiary/aromatic N) is 5. The second-order valence-corrected chi connectivity index (χ2v) is 6.28. The van der Waals surface area contributed by atoms with Crippen LogP contribution in [0.4, 0.5) is 0 Å². The van der Waals surface area contributed by atoms with Gasteiger partial charge in [-0.1, -0.05) is 41.9 Å². The molecule has 0 aliphatic heterocycles. The Balaban J connectivity index is 1.66. The number of aromatic nitrogens is 3. The third-order valence-corrected chi connectivity index (χ3v) is 4.17. The molecule has 0 aliphatic carbocycles. The van der Waals surface area contributed by atoms with Crippen molar-refractivity contribution in [1.29, 1.82) is 0 Å². The lowest BCUT2D eigenvalue weighted by atomic mass is 10.2. The molecule has 3 aromatic rings. The standard InChI is InChI=1S/C19H21ClN6/c1-21-19(25(2)13-15-7-6-8-16(20)11-15)22-12-18-24-23-14-26(18)17-9-4-3-5-10-17/h3-11,14H,12-13H2,1-2H3,(H,21,22). The van der Waals surface area contributed by atoms with Crippen molar-refractivity contribution in [3.63, 3.8) is 0 Å². The number of benzene rings is 2. The van der Waals surface area contributed by atoms with E-state index in [1.165, 1.54) is 0 Å². The highest BCUT2D eigenvalue weighted by atomic mass is 35.5. The van der Waals surface area contributed by atoms with Gasteiger partial charge in [0.05, 0.1) is 6.54 Å². The normalized spacial score (nSPS) is 11.4. The number of guanidine groups is 1. The molecule has 2 aromatic carbocycles. The fourth-order valence-electron chi connectivity index (χ4n) is 2.71. The molecule has 0 spiro atoms. The Labute approximate surface area is 158 Å². The number of halogens is 1. The number of hydrogen-bond donors (Lipinski definition) is 1. The van der Waals surface area contributed by atoms with Crippen LogP contribution in [0.15, 0.2) is 65.9 Å². The quantitative estimate of drug-likeness (QED) is 0.555. The zero-order chi connectivity index (χ0) is 18.4. The minimum absolute atomic E-state index is 0.515. The van der Waals surface area contributed by atoms with E-state index in [2.05, 4.69) is 20.5 Å². The van der Waals surface area contributed by atoms with Crippen LogP contribution < -0.4 is 5.32 Å². The summed E-state index contributed by atoms with van der Waals surface area (Å²) in [5.74, 6) is 1.58. The average Bonchev–Trinajstić information content (AvgIpc) is 3.11. The molecular formula is C19H21ClN6. The minimum atomic E-state index is 0.515. The van der Waals surface area contributed by atoms with Gasteiger partial charge in [0.25, 0.3) is 0 Å². The Morgan fingerprint density at radius 2 is 2.00 bits per heavy atom. The maximum absolute atomic E-state index is 6.06. The van der Waals surface area contributed by atoms with Crippen molar-refractivity contribution in [1.82, 2.24) is 25.0 Å². The Bertz CT molecular complexity index is 875. The molecule has 0 fully saturated rings. The zero-order valence-electron chi connectivity index (χ0n) is 14.8. The van der Waals surface area contributed by atoms with Gasteiger partial charge in [0.15, 0.2) is 11.8 Å². The van der Waals surface area contributed by atoms with Crippen LogP contribution in [0.3, 0.4) is 0 Å². The van der Waals surface area contributed by atoms with Gasteiger partial charge in [0, 0.05) is 31.4 Å². The predicted molar refractivity (Wildman–Crippen MR) is 104 cm³/mol. The van der Waals surface area contributed by atoms with Crippen molar-refractivity contribution in [3.8, 4) is 5.69 Å². The summed E-state index contributed by atoms with van der Waals surface area (Å²) in [5, 5.41) is 12.3. The van der Waals surface area contributed by atoms with E-state index < -0.39 is 0 Å². The zero-order valence-corrected chi connectivity index (χ0v) is 15.6. The van der Waals surface area contributed by atoms with Crippen molar-refractivity contribution in [2.24, 2.45) is 4.99 Å². The van der Waals surface area contributed by atoms with E-state index in [1.54, 1.807) is 13.4 Å². The van der Waals surface area contributed by atoms with Crippen molar-refractivity contribution in [2.45, 2.75) is 13.1 Å². The van der Waals surface area contributed by atoms with E-state index in [4.69, 9.17) is 11.6 Å². The van der Waals surface area contributed by atoms with E-state index in [0.29, 0.717) is 13.1 Å². The van der Waals surface area contributed by atoms with Gasteiger partial charge in [0.1, 0.15) is 6.33 Å². The molecule has 0 saturated heterocycles. The van der Waals surface area contributed by atoms with Crippen molar-refractivity contribution in [3.05, 3.63) is 77.3 Å². The first-order chi connectivity index (χ1) is 12.7. The predicted octanol–water partition coefficient (Wildman–Crippen LogP) is 3.13. The van der Waals surface area contributed by atoms with Crippen LogP contribution in [0.2, 0.25) is 5.02 Å². The minimum Gasteiger partial charge on any atom is -0.349 e. The molecule has 26 heavy (non-hydrogen) atoms. The van der Waals surface area contributed by atoms with Crippen LogP contribution in [0.25, 0.3) is 5.69 Å². The van der Waals surface area contributed by atoms with Crippen LogP contribution in [-0.2, 0) is 13.1 Å². The Morgan fingerprint density at radius 1 is 1.19 bits per heavy atom. The van der Waals surface area contributed by atoms with Crippen LogP contribution >= 0.6 is 11.6 Å². The van der Waals surface area contributed by atoms with Crippen LogP contribution in [0.1, 0.15) is 11.4 Å². The molecule has 3 rings (SSSR count). The molecular weight excluding hydrogens is 348 g/mol. The SMILES string of the molecule is CN=C(NCc1nncn1-c1ccccc1)N(C)Cc1cccc(Cl)c1. The number of para-hydroxylation sites is 1. The molecule has 6 nitrogen and oxygen atoms in total. The summed E-state index contributed by atoms with van der Waals surface area (Å²) in [6.45, 7) is 1.22. The topological polar surface area (TPSA) is 58.3 Å². The molecule has 134 valence electrons. The van der Waals surface area contributed by atoms with E-state index in [0.717, 1.165) is 28.1 Å². The highest BCUT2D eigenvalue weighted by molar-refractivity contribution is 6.30. The third kappa shape index (κ3) is 4.40.